The van der Waals surface area contributed by atoms with Crippen LogP contribution in [0.1, 0.15) is 85.9 Å². The maximum absolute atomic E-state index is 13.4. The summed E-state index contributed by atoms with van der Waals surface area (Å²) in [5, 5.41) is 0. The van der Waals surface area contributed by atoms with Crippen molar-refractivity contribution in [2.24, 2.45) is 40.9 Å². The number of fused-ring (bicyclic) bond motifs is 2. The zero-order chi connectivity index (χ0) is 20.9. The SMILES string of the molecule is CC1(C)C[C@@H]2[C@@H](CCCOCC3CC3)CC(C3CC(=O)c4ccccc4C3=O)[C@@H]2C1. The van der Waals surface area contributed by atoms with Gasteiger partial charge in [-0.25, -0.2) is 0 Å². The van der Waals surface area contributed by atoms with E-state index in [1.165, 1.54) is 32.1 Å². The van der Waals surface area contributed by atoms with Crippen molar-refractivity contribution in [2.75, 3.05) is 13.2 Å². The Morgan fingerprint density at radius 2 is 1.73 bits per heavy atom. The summed E-state index contributed by atoms with van der Waals surface area (Å²) < 4.78 is 5.88. The smallest absolute Gasteiger partial charge is 0.167 e. The first kappa shape index (κ1) is 20.4. The summed E-state index contributed by atoms with van der Waals surface area (Å²) in [6, 6.07) is 7.46. The van der Waals surface area contributed by atoms with Gasteiger partial charge in [0.2, 0.25) is 0 Å². The average molecular weight is 409 g/mol. The summed E-state index contributed by atoms with van der Waals surface area (Å²) in [6.45, 7) is 6.61. The van der Waals surface area contributed by atoms with Gasteiger partial charge in [0, 0.05) is 36.7 Å². The zero-order valence-electron chi connectivity index (χ0n) is 18.6. The van der Waals surface area contributed by atoms with Crippen LogP contribution in [-0.4, -0.2) is 24.8 Å². The van der Waals surface area contributed by atoms with Crippen LogP contribution in [0.4, 0.5) is 0 Å². The molecule has 162 valence electrons. The van der Waals surface area contributed by atoms with E-state index in [4.69, 9.17) is 4.74 Å². The summed E-state index contributed by atoms with van der Waals surface area (Å²) in [4.78, 5) is 26.2. The van der Waals surface area contributed by atoms with E-state index in [1.54, 1.807) is 0 Å². The molecule has 2 unspecified atom stereocenters. The van der Waals surface area contributed by atoms with Crippen LogP contribution < -0.4 is 0 Å². The maximum atomic E-state index is 13.4. The van der Waals surface area contributed by atoms with Crippen molar-refractivity contribution in [1.29, 1.82) is 0 Å². The lowest BCUT2D eigenvalue weighted by Crippen LogP contribution is -2.34. The van der Waals surface area contributed by atoms with E-state index in [9.17, 15) is 9.59 Å². The van der Waals surface area contributed by atoms with Gasteiger partial charge in [0.05, 0.1) is 0 Å². The van der Waals surface area contributed by atoms with Gasteiger partial charge in [0.1, 0.15) is 0 Å². The fraction of sp³-hybridized carbons (Fsp3) is 0.704. The molecule has 4 aliphatic carbocycles. The minimum atomic E-state index is -0.107. The first-order chi connectivity index (χ1) is 14.4. The molecule has 1 aromatic rings. The predicted molar refractivity (Wildman–Crippen MR) is 118 cm³/mol. The molecule has 3 saturated carbocycles. The third kappa shape index (κ3) is 3.90. The first-order valence-electron chi connectivity index (χ1n) is 12.2. The molecule has 0 spiro atoms. The third-order valence-electron chi connectivity index (χ3n) is 8.52. The highest BCUT2D eigenvalue weighted by atomic mass is 16.5. The van der Waals surface area contributed by atoms with Gasteiger partial charge in [-0.15, -0.1) is 0 Å². The van der Waals surface area contributed by atoms with Gasteiger partial charge in [0.25, 0.3) is 0 Å². The molecule has 3 heteroatoms. The van der Waals surface area contributed by atoms with Crippen LogP contribution in [0.2, 0.25) is 0 Å². The Morgan fingerprint density at radius 3 is 2.50 bits per heavy atom. The summed E-state index contributed by atoms with van der Waals surface area (Å²) >= 11 is 0. The van der Waals surface area contributed by atoms with Crippen molar-refractivity contribution in [3.05, 3.63) is 35.4 Å². The molecule has 0 saturated heterocycles. The number of benzene rings is 1. The Hall–Kier alpha value is -1.48. The van der Waals surface area contributed by atoms with Gasteiger partial charge < -0.3 is 4.74 Å². The quantitative estimate of drug-likeness (QED) is 0.522. The summed E-state index contributed by atoms with van der Waals surface area (Å²) in [7, 11) is 0. The van der Waals surface area contributed by atoms with Crippen LogP contribution in [0.3, 0.4) is 0 Å². The Kier molecular flexibility index (Phi) is 5.37. The lowest BCUT2D eigenvalue weighted by Gasteiger charge is -2.31. The van der Waals surface area contributed by atoms with Gasteiger partial charge >= 0.3 is 0 Å². The Morgan fingerprint density at radius 1 is 1.00 bits per heavy atom. The highest BCUT2D eigenvalue weighted by Crippen LogP contribution is 2.60. The van der Waals surface area contributed by atoms with Crippen LogP contribution >= 0.6 is 0 Å². The van der Waals surface area contributed by atoms with Crippen molar-refractivity contribution in [3.8, 4) is 0 Å². The molecule has 0 radical (unpaired) electrons. The molecule has 4 aliphatic rings. The summed E-state index contributed by atoms with van der Waals surface area (Å²) in [6.07, 6.45) is 9.06. The molecule has 0 N–H and O–H groups in total. The van der Waals surface area contributed by atoms with Gasteiger partial charge in [-0.3, -0.25) is 9.59 Å². The number of Topliss-reactive ketones (excluding diaryl/α,β-unsaturated/α-hetero) is 2. The number of hydrogen-bond donors (Lipinski definition) is 0. The molecule has 0 bridgehead atoms. The second-order valence-corrected chi connectivity index (χ2v) is 11.4. The molecule has 0 heterocycles. The molecule has 1 aromatic carbocycles. The highest BCUT2D eigenvalue weighted by molar-refractivity contribution is 6.14. The van der Waals surface area contributed by atoms with Crippen LogP contribution in [0.15, 0.2) is 24.3 Å². The number of carbonyl (C=O) groups is 2. The lowest BCUT2D eigenvalue weighted by atomic mass is 9.70. The summed E-state index contributed by atoms with van der Waals surface area (Å²) in [5.74, 6) is 3.50. The summed E-state index contributed by atoms with van der Waals surface area (Å²) in [5.41, 5.74) is 1.67. The van der Waals surface area contributed by atoms with Crippen molar-refractivity contribution in [2.45, 2.75) is 65.2 Å². The van der Waals surface area contributed by atoms with E-state index in [1.807, 2.05) is 24.3 Å². The fourth-order valence-electron chi connectivity index (χ4n) is 7.01. The molecule has 3 nitrogen and oxygen atoms in total. The second kappa shape index (κ2) is 7.89. The monoisotopic (exact) mass is 408 g/mol. The van der Waals surface area contributed by atoms with E-state index in [-0.39, 0.29) is 17.5 Å². The van der Waals surface area contributed by atoms with E-state index in [0.717, 1.165) is 32.0 Å². The predicted octanol–water partition coefficient (Wildman–Crippen LogP) is 5.97. The Bertz CT molecular complexity index is 821. The van der Waals surface area contributed by atoms with Crippen LogP contribution in [0.5, 0.6) is 0 Å². The maximum Gasteiger partial charge on any atom is 0.167 e. The van der Waals surface area contributed by atoms with E-state index < -0.39 is 0 Å². The number of ketones is 2. The molecule has 30 heavy (non-hydrogen) atoms. The molecular formula is C27H36O3. The Labute approximate surface area is 181 Å². The molecule has 0 amide bonds. The highest BCUT2D eigenvalue weighted by Gasteiger charge is 2.54. The first-order valence-corrected chi connectivity index (χ1v) is 12.2. The number of carbonyl (C=O) groups excluding carboxylic acids is 2. The number of ether oxygens (including phenoxy) is 1. The fourth-order valence-corrected chi connectivity index (χ4v) is 7.01. The molecule has 5 atom stereocenters. The van der Waals surface area contributed by atoms with Gasteiger partial charge in [-0.1, -0.05) is 38.1 Å². The van der Waals surface area contributed by atoms with E-state index >= 15 is 0 Å². The molecule has 0 aromatic heterocycles. The number of rotatable bonds is 7. The van der Waals surface area contributed by atoms with Crippen LogP contribution in [-0.2, 0) is 4.74 Å². The van der Waals surface area contributed by atoms with Gasteiger partial charge in [-0.2, -0.15) is 0 Å². The van der Waals surface area contributed by atoms with E-state index in [0.29, 0.717) is 46.6 Å². The zero-order valence-corrected chi connectivity index (χ0v) is 18.6. The standard InChI is InChI=1S/C27H36O3/c1-27(2)14-23-18(6-5-11-30-16-17-9-10-17)12-21(24(23)15-27)22-13-25(28)19-7-3-4-8-20(19)26(22)29/h3-4,7-8,17-18,21-24H,5-6,9-16H2,1-2H3/t18-,21?,22?,23+,24-/m0/s1. The Balaban J connectivity index is 1.29. The van der Waals surface area contributed by atoms with Crippen molar-refractivity contribution in [1.82, 2.24) is 0 Å². The van der Waals surface area contributed by atoms with Crippen LogP contribution in [0, 0.1) is 40.9 Å². The average Bonchev–Trinajstić information content (AvgIpc) is 3.41. The lowest BCUT2D eigenvalue weighted by molar-refractivity contribution is 0.0736. The topological polar surface area (TPSA) is 43.4 Å². The minimum Gasteiger partial charge on any atom is -0.381 e. The molecular weight excluding hydrogens is 372 g/mol. The minimum absolute atomic E-state index is 0.107. The van der Waals surface area contributed by atoms with Crippen molar-refractivity contribution < 1.29 is 14.3 Å². The van der Waals surface area contributed by atoms with E-state index in [2.05, 4.69) is 13.8 Å². The normalized spacial score (nSPS) is 34.8. The van der Waals surface area contributed by atoms with Crippen molar-refractivity contribution >= 4 is 11.6 Å². The van der Waals surface area contributed by atoms with Gasteiger partial charge in [0.15, 0.2) is 11.6 Å². The third-order valence-corrected chi connectivity index (χ3v) is 8.52. The van der Waals surface area contributed by atoms with Crippen LogP contribution in [0.25, 0.3) is 0 Å². The van der Waals surface area contributed by atoms with Gasteiger partial charge in [-0.05, 0) is 80.0 Å². The largest absolute Gasteiger partial charge is 0.381 e. The van der Waals surface area contributed by atoms with Crippen molar-refractivity contribution in [3.63, 3.8) is 0 Å². The number of hydrogen-bond acceptors (Lipinski definition) is 3. The molecule has 0 aliphatic heterocycles. The molecule has 5 rings (SSSR count). The second-order valence-electron chi connectivity index (χ2n) is 11.4. The molecule has 3 fully saturated rings.